The zero-order chi connectivity index (χ0) is 73.5. The van der Waals surface area contributed by atoms with E-state index in [0.29, 0.717) is 58.0 Å². The second-order valence-electron chi connectivity index (χ2n) is 30.4. The van der Waals surface area contributed by atoms with Crippen LogP contribution in [0.3, 0.4) is 0 Å². The molecule has 99 heavy (non-hydrogen) atoms. The van der Waals surface area contributed by atoms with E-state index in [-0.39, 0.29) is 88.5 Å². The second kappa shape index (κ2) is 36.5. The van der Waals surface area contributed by atoms with Crippen molar-refractivity contribution in [3.05, 3.63) is 0 Å². The summed E-state index contributed by atoms with van der Waals surface area (Å²) in [5.41, 5.74) is -1.56. The number of fused-ring (bicyclic) bond motifs is 1. The average molecular weight is 1420 g/mol. The molecule has 6 rings (SSSR count). The highest BCUT2D eigenvalue weighted by atomic mass is 35.5. The second-order valence-corrected chi connectivity index (χ2v) is 31.0. The molecule has 0 aromatic rings. The Morgan fingerprint density at radius 2 is 1.17 bits per heavy atom. The predicted octanol–water partition coefficient (Wildman–Crippen LogP) is 5.95. The maximum atomic E-state index is 15.4. The zero-order valence-corrected chi connectivity index (χ0v) is 62.0. The Labute approximate surface area is 589 Å². The van der Waals surface area contributed by atoms with Crippen LogP contribution in [0.15, 0.2) is 0 Å². The van der Waals surface area contributed by atoms with E-state index in [1.807, 2.05) is 20.8 Å². The fraction of sp³-hybridized carbons (Fsp3) is 0.831. The monoisotopic (exact) mass is 1420 g/mol. The van der Waals surface area contributed by atoms with Crippen molar-refractivity contribution in [3.63, 3.8) is 0 Å². The Hall–Kier alpha value is -6.28. The van der Waals surface area contributed by atoms with Crippen LogP contribution in [-0.4, -0.2) is 263 Å². The number of hydrogen-bond acceptors (Lipinski definition) is 12. The van der Waals surface area contributed by atoms with Crippen LogP contribution < -0.4 is 16.0 Å². The van der Waals surface area contributed by atoms with Gasteiger partial charge in [0.1, 0.15) is 47.8 Å². The molecule has 24 nitrogen and oxygen atoms in total. The summed E-state index contributed by atoms with van der Waals surface area (Å²) in [6, 6.07) is -8.64. The lowest BCUT2D eigenvalue weighted by Gasteiger charge is -2.42. The maximum absolute atomic E-state index is 15.4. The molecule has 1 spiro atoms. The van der Waals surface area contributed by atoms with E-state index >= 15 is 19.2 Å². The zero-order valence-electron chi connectivity index (χ0n) is 61.2. The Balaban J connectivity index is 1.40. The number of rotatable bonds is 12. The lowest BCUT2D eigenvalue weighted by atomic mass is 9.78. The molecule has 0 radical (unpaired) electrons. The number of hydrogen-bond donors (Lipinski definition) is 3. The molecule has 3 unspecified atom stereocenters. The van der Waals surface area contributed by atoms with Gasteiger partial charge in [-0.15, -0.1) is 11.6 Å². The van der Waals surface area contributed by atoms with E-state index in [1.54, 1.807) is 25.7 Å². The van der Waals surface area contributed by atoms with E-state index < -0.39 is 174 Å². The van der Waals surface area contributed by atoms with Crippen molar-refractivity contribution in [2.24, 2.45) is 35.5 Å². The summed E-state index contributed by atoms with van der Waals surface area (Å²) in [6.07, 6.45) is 5.39. The number of amides is 12. The first-order valence-electron chi connectivity index (χ1n) is 36.5. The van der Waals surface area contributed by atoms with Crippen molar-refractivity contribution in [1.29, 1.82) is 0 Å². The summed E-state index contributed by atoms with van der Waals surface area (Å²) in [6.45, 7) is 9.98. The number of carbonyl (C=O) groups excluding carboxylic acids is 12. The number of alkyl halides is 4. The summed E-state index contributed by atoms with van der Waals surface area (Å²) < 4.78 is 42.0. The van der Waals surface area contributed by atoms with Gasteiger partial charge in [-0.1, -0.05) is 92.9 Å². The molecule has 6 aliphatic rings. The molecule has 6 fully saturated rings. The number of piperidine rings is 1. The van der Waals surface area contributed by atoms with E-state index in [2.05, 4.69) is 16.0 Å². The largest absolute Gasteiger partial charge is 0.393 e. The van der Waals surface area contributed by atoms with Crippen LogP contribution >= 0.6 is 11.6 Å². The van der Waals surface area contributed by atoms with Crippen LogP contribution in [0.2, 0.25) is 0 Å². The molecule has 3 aliphatic carbocycles. The molecule has 0 aromatic carbocycles. The van der Waals surface area contributed by atoms with Crippen LogP contribution in [0, 0.1) is 35.5 Å². The van der Waals surface area contributed by atoms with Gasteiger partial charge >= 0.3 is 6.18 Å². The molecule has 3 heterocycles. The average Bonchev–Trinajstić information content (AvgIpc) is 1.64. The molecular formula is C71H116ClF3N12O12. The highest BCUT2D eigenvalue weighted by Crippen LogP contribution is 2.44. The Kier molecular flexibility index (Phi) is 30.2. The van der Waals surface area contributed by atoms with Crippen LogP contribution in [-0.2, 0) is 57.5 Å². The molecule has 3 aliphatic heterocycles. The molecule has 0 bridgehead atoms. The Morgan fingerprint density at radius 3 is 1.77 bits per heavy atom. The van der Waals surface area contributed by atoms with E-state index in [9.17, 15) is 51.5 Å². The SMILES string of the molecule is CC[C@H](C)[C@@H]1NC(=O)[C@H](CC(C)C)N(C)C(=O)C[C@@H](C(=O)N2CCCCC2)N(C)C(=O)[C@H](C(C)C)N(C)C(=O)C2(CCCC2)NC(=O)[C@@H]2CCCN2C(=O)[C@H](CCC2CCC(C(F)(F)F)C(Cl)C2)NC(=O)CN(C)C(=O)[C@H](CCC2CCCCC2)N(C)C(=O)CN(C)C(=O)CN(C)C1=O. The summed E-state index contributed by atoms with van der Waals surface area (Å²) in [5.74, 6) is -10.7. The number of nitrogens with zero attached hydrogens (tertiary/aromatic N) is 9. The molecule has 560 valence electrons. The first kappa shape index (κ1) is 81.7. The van der Waals surface area contributed by atoms with Gasteiger partial charge in [-0.25, -0.2) is 0 Å². The fourth-order valence-corrected chi connectivity index (χ4v) is 16.3. The minimum Gasteiger partial charge on any atom is -0.343 e. The third-order valence-corrected chi connectivity index (χ3v) is 22.8. The highest BCUT2D eigenvalue weighted by molar-refractivity contribution is 6.21. The molecule has 12 amide bonds. The van der Waals surface area contributed by atoms with Gasteiger partial charge in [0.05, 0.1) is 32.0 Å². The lowest BCUT2D eigenvalue weighted by Crippen LogP contribution is -2.65. The standard InChI is InChI=1S/C71H116ClF3N12O12/c1-14-46(6)60-67(97)81(9)42-58(90)79(7)43-59(91)82(10)53(32-29-47-24-17-15-18-25-47)65(95)80(8)41-56(88)76-51(31-28-48-27-30-49(50(72)39-48)71(73,74)75)64(94)87-37-23-26-52(87)63(93)78-70(33-19-20-34-70)69(99)85(13)61(45(4)5)68(98)84(12)55(66(96)86-35-21-16-22-36-86)40-57(89)83(11)54(38-44(2)3)62(92)77-60/h44-55,60-61H,14-43H2,1-13H3,(H,76,88)(H,77,92)(H,78,93)/t46-,48?,49?,50?,51-,52-,53-,54-,55-,60-,61-/m0/s1. The van der Waals surface area contributed by atoms with Gasteiger partial charge in [-0.2, -0.15) is 13.2 Å². The van der Waals surface area contributed by atoms with Crippen LogP contribution in [0.4, 0.5) is 13.2 Å². The van der Waals surface area contributed by atoms with E-state index in [1.165, 1.54) is 73.8 Å². The Morgan fingerprint density at radius 1 is 0.576 bits per heavy atom. The van der Waals surface area contributed by atoms with E-state index in [0.717, 1.165) is 53.2 Å². The van der Waals surface area contributed by atoms with Gasteiger partial charge in [0.2, 0.25) is 70.9 Å². The number of halogens is 4. The van der Waals surface area contributed by atoms with Gasteiger partial charge in [0.25, 0.3) is 0 Å². The van der Waals surface area contributed by atoms with Crippen molar-refractivity contribution in [2.45, 2.75) is 255 Å². The van der Waals surface area contributed by atoms with Crippen LogP contribution in [0.1, 0.15) is 196 Å². The number of likely N-dealkylation sites (N-methyl/N-ethyl adjacent to an activating group) is 7. The smallest absolute Gasteiger partial charge is 0.343 e. The number of nitrogens with one attached hydrogen (secondary N) is 3. The molecule has 3 N–H and O–H groups in total. The third kappa shape index (κ3) is 21.2. The molecule has 3 saturated carbocycles. The van der Waals surface area contributed by atoms with Crippen LogP contribution in [0.25, 0.3) is 0 Å². The topological polar surface area (TPSA) is 270 Å². The quantitative estimate of drug-likeness (QED) is 0.191. The van der Waals surface area contributed by atoms with Crippen molar-refractivity contribution in [2.75, 3.05) is 88.6 Å². The maximum Gasteiger partial charge on any atom is 0.393 e. The van der Waals surface area contributed by atoms with Crippen molar-refractivity contribution in [3.8, 4) is 0 Å². The lowest BCUT2D eigenvalue weighted by molar-refractivity contribution is -0.182. The van der Waals surface area contributed by atoms with Crippen molar-refractivity contribution >= 4 is 82.5 Å². The molecule has 3 saturated heterocycles. The minimum absolute atomic E-state index is 0.000929. The van der Waals surface area contributed by atoms with Crippen molar-refractivity contribution < 1.29 is 70.7 Å². The number of likely N-dealkylation sites (tertiary alicyclic amines) is 1. The predicted molar refractivity (Wildman–Crippen MR) is 367 cm³/mol. The van der Waals surface area contributed by atoms with Crippen molar-refractivity contribution in [1.82, 2.24) is 60.0 Å². The molecule has 11 atom stereocenters. The summed E-state index contributed by atoms with van der Waals surface area (Å²) in [4.78, 5) is 189. The van der Waals surface area contributed by atoms with Crippen LogP contribution in [0.5, 0.6) is 0 Å². The first-order chi connectivity index (χ1) is 46.5. The first-order valence-corrected chi connectivity index (χ1v) is 37.0. The van der Waals surface area contributed by atoms with Gasteiger partial charge in [0.15, 0.2) is 0 Å². The molecular weight excluding hydrogens is 1310 g/mol. The summed E-state index contributed by atoms with van der Waals surface area (Å²) >= 11 is 6.39. The minimum atomic E-state index is -4.51. The fourth-order valence-electron chi connectivity index (χ4n) is 15.8. The van der Waals surface area contributed by atoms with Gasteiger partial charge in [0, 0.05) is 74.3 Å². The highest BCUT2D eigenvalue weighted by Gasteiger charge is 2.52. The normalized spacial score (nSPS) is 29.2. The summed E-state index contributed by atoms with van der Waals surface area (Å²) in [5, 5.41) is 7.55. The number of carbonyl (C=O) groups is 12. The van der Waals surface area contributed by atoms with Gasteiger partial charge in [-0.3, -0.25) is 57.5 Å². The Bertz CT molecular complexity index is 2850. The third-order valence-electron chi connectivity index (χ3n) is 22.3. The molecule has 0 aromatic heterocycles. The van der Waals surface area contributed by atoms with E-state index in [4.69, 9.17) is 11.6 Å². The van der Waals surface area contributed by atoms with Gasteiger partial charge in [-0.05, 0) is 126 Å². The van der Waals surface area contributed by atoms with Gasteiger partial charge < -0.3 is 60.0 Å². The molecule has 28 heteroatoms. The summed E-state index contributed by atoms with van der Waals surface area (Å²) in [7, 11) is 9.93.